The Balaban J connectivity index is 1.50. The van der Waals surface area contributed by atoms with Crippen molar-refractivity contribution in [3.05, 3.63) is 52.4 Å². The van der Waals surface area contributed by atoms with Gasteiger partial charge in [-0.05, 0) is 42.5 Å². The summed E-state index contributed by atoms with van der Waals surface area (Å²) >= 11 is 1.83. The van der Waals surface area contributed by atoms with Crippen LogP contribution in [0, 0.1) is 6.92 Å². The van der Waals surface area contributed by atoms with Gasteiger partial charge >= 0.3 is 0 Å². The van der Waals surface area contributed by atoms with Crippen LogP contribution in [0.15, 0.2) is 36.4 Å². The summed E-state index contributed by atoms with van der Waals surface area (Å²) in [4.78, 5) is 16.0. The highest BCUT2D eigenvalue weighted by Gasteiger charge is 2.24. The lowest BCUT2D eigenvalue weighted by molar-refractivity contribution is -0.121. The quantitative estimate of drug-likeness (QED) is 0.886. The van der Waals surface area contributed by atoms with Crippen LogP contribution in [0.5, 0.6) is 0 Å². The molecule has 1 amide bonds. The van der Waals surface area contributed by atoms with E-state index in [0.717, 1.165) is 25.1 Å². The lowest BCUT2D eigenvalue weighted by Crippen LogP contribution is -2.37. The molecule has 0 bridgehead atoms. The molecule has 24 heavy (non-hydrogen) atoms. The largest absolute Gasteiger partial charge is 0.361 e. The van der Waals surface area contributed by atoms with Gasteiger partial charge in [-0.2, -0.15) is 0 Å². The van der Waals surface area contributed by atoms with Crippen molar-refractivity contribution in [2.75, 3.05) is 18.0 Å². The Bertz CT molecular complexity index is 690. The maximum absolute atomic E-state index is 12.3. The number of carbonyl (C=O) groups excluding carboxylic acids is 1. The number of nitrogens with zero attached hydrogens (tertiary/aromatic N) is 1. The van der Waals surface area contributed by atoms with Crippen molar-refractivity contribution in [1.29, 1.82) is 0 Å². The average Bonchev–Trinajstić information content (AvgIpc) is 3.16. The van der Waals surface area contributed by atoms with Crippen molar-refractivity contribution in [2.24, 2.45) is 0 Å². The normalized spacial score (nSPS) is 17.5. The van der Waals surface area contributed by atoms with Crippen LogP contribution >= 0.6 is 11.3 Å². The number of amides is 1. The molecule has 0 unspecified atom stereocenters. The predicted molar refractivity (Wildman–Crippen MR) is 102 cm³/mol. The first-order valence-corrected chi connectivity index (χ1v) is 9.52. The molecule has 2 aromatic rings. The number of hydrogen-bond acceptors (Lipinski definition) is 3. The van der Waals surface area contributed by atoms with Gasteiger partial charge < -0.3 is 10.2 Å². The lowest BCUT2D eigenvalue weighted by atomic mass is 10.0. The van der Waals surface area contributed by atoms with Crippen LogP contribution in [0.25, 0.3) is 0 Å². The summed E-state index contributed by atoms with van der Waals surface area (Å²) < 4.78 is 0. The SMILES string of the molecule is Cc1ccc(N2CC[C@@H](NC(=O)Cc3ccc(C(C)C)cc3)C2)s1. The third-order valence-electron chi connectivity index (χ3n) is 4.60. The molecule has 1 aromatic heterocycles. The van der Waals surface area contributed by atoms with E-state index in [1.807, 2.05) is 11.3 Å². The van der Waals surface area contributed by atoms with Gasteiger partial charge in [0.25, 0.3) is 0 Å². The van der Waals surface area contributed by atoms with Gasteiger partial charge in [-0.1, -0.05) is 38.1 Å². The molecule has 1 N–H and O–H groups in total. The Labute approximate surface area is 148 Å². The Kier molecular flexibility index (Phi) is 5.24. The molecule has 128 valence electrons. The molecule has 4 heteroatoms. The van der Waals surface area contributed by atoms with Gasteiger partial charge in [0.2, 0.25) is 5.91 Å². The van der Waals surface area contributed by atoms with Crippen LogP contribution in [0.4, 0.5) is 5.00 Å². The number of nitrogens with one attached hydrogen (secondary N) is 1. The van der Waals surface area contributed by atoms with Crippen LogP contribution in [0.3, 0.4) is 0 Å². The van der Waals surface area contributed by atoms with Crippen molar-refractivity contribution in [3.63, 3.8) is 0 Å². The van der Waals surface area contributed by atoms with Crippen LogP contribution in [-0.2, 0) is 11.2 Å². The smallest absolute Gasteiger partial charge is 0.224 e. The van der Waals surface area contributed by atoms with Gasteiger partial charge in [0.05, 0.1) is 11.4 Å². The Hall–Kier alpha value is -1.81. The molecule has 1 aliphatic heterocycles. The number of benzene rings is 1. The summed E-state index contributed by atoms with van der Waals surface area (Å²) in [6.45, 7) is 8.44. The highest BCUT2D eigenvalue weighted by atomic mass is 32.1. The topological polar surface area (TPSA) is 32.3 Å². The Morgan fingerprint density at radius 3 is 2.62 bits per heavy atom. The number of hydrogen-bond donors (Lipinski definition) is 1. The van der Waals surface area contributed by atoms with E-state index in [-0.39, 0.29) is 11.9 Å². The van der Waals surface area contributed by atoms with Gasteiger partial charge in [0.1, 0.15) is 0 Å². The van der Waals surface area contributed by atoms with Crippen molar-refractivity contribution in [1.82, 2.24) is 5.32 Å². The fourth-order valence-corrected chi connectivity index (χ4v) is 4.05. The molecular formula is C20H26N2OS. The number of anilines is 1. The minimum Gasteiger partial charge on any atom is -0.361 e. The molecule has 0 spiro atoms. The number of carbonyl (C=O) groups is 1. The third-order valence-corrected chi connectivity index (χ3v) is 5.66. The molecular weight excluding hydrogens is 316 g/mol. The molecule has 1 aliphatic rings. The molecule has 0 radical (unpaired) electrons. The van der Waals surface area contributed by atoms with Crippen LogP contribution < -0.4 is 10.2 Å². The minimum absolute atomic E-state index is 0.126. The maximum atomic E-state index is 12.3. The van der Waals surface area contributed by atoms with Gasteiger partial charge in [0, 0.05) is 24.0 Å². The predicted octanol–water partition coefficient (Wildman–Crippen LogP) is 4.12. The monoisotopic (exact) mass is 342 g/mol. The number of aryl methyl sites for hydroxylation is 1. The molecule has 1 fully saturated rings. The van der Waals surface area contributed by atoms with Gasteiger partial charge in [-0.15, -0.1) is 11.3 Å². The standard InChI is InChI=1S/C20H26N2OS/c1-14(2)17-7-5-16(6-8-17)12-19(23)21-18-10-11-22(13-18)20-9-4-15(3)24-20/h4-9,14,18H,10-13H2,1-3H3,(H,21,23)/t18-/m1/s1. The van der Waals surface area contributed by atoms with E-state index in [2.05, 4.69) is 67.4 Å². The summed E-state index contributed by atoms with van der Waals surface area (Å²) in [6.07, 6.45) is 1.49. The van der Waals surface area contributed by atoms with Crippen LogP contribution in [0.1, 0.15) is 42.2 Å². The fourth-order valence-electron chi connectivity index (χ4n) is 3.15. The number of rotatable bonds is 5. The van der Waals surface area contributed by atoms with Crippen molar-refractivity contribution < 1.29 is 4.79 Å². The van der Waals surface area contributed by atoms with E-state index in [9.17, 15) is 4.79 Å². The molecule has 1 atom stereocenters. The van der Waals surface area contributed by atoms with Gasteiger partial charge in [-0.3, -0.25) is 4.79 Å². The van der Waals surface area contributed by atoms with E-state index in [1.54, 1.807) is 0 Å². The van der Waals surface area contributed by atoms with Crippen molar-refractivity contribution in [2.45, 2.75) is 45.6 Å². The van der Waals surface area contributed by atoms with E-state index in [0.29, 0.717) is 12.3 Å². The first-order chi connectivity index (χ1) is 11.5. The Morgan fingerprint density at radius 1 is 1.25 bits per heavy atom. The Morgan fingerprint density at radius 2 is 2.00 bits per heavy atom. The van der Waals surface area contributed by atoms with Crippen molar-refractivity contribution >= 4 is 22.2 Å². The lowest BCUT2D eigenvalue weighted by Gasteiger charge is -2.17. The molecule has 1 saturated heterocycles. The van der Waals surface area contributed by atoms with E-state index in [4.69, 9.17) is 0 Å². The molecule has 3 rings (SSSR count). The van der Waals surface area contributed by atoms with E-state index >= 15 is 0 Å². The average molecular weight is 343 g/mol. The highest BCUT2D eigenvalue weighted by molar-refractivity contribution is 7.16. The zero-order chi connectivity index (χ0) is 17.1. The van der Waals surface area contributed by atoms with Crippen molar-refractivity contribution in [3.8, 4) is 0 Å². The summed E-state index contributed by atoms with van der Waals surface area (Å²) in [5.74, 6) is 0.653. The van der Waals surface area contributed by atoms with E-state index in [1.165, 1.54) is 15.4 Å². The zero-order valence-electron chi connectivity index (χ0n) is 14.7. The summed E-state index contributed by atoms with van der Waals surface area (Å²) in [5.41, 5.74) is 2.40. The second-order valence-corrected chi connectivity index (χ2v) is 8.22. The molecule has 3 nitrogen and oxygen atoms in total. The molecule has 0 aliphatic carbocycles. The summed E-state index contributed by atoms with van der Waals surface area (Å²) in [6, 6.07) is 13.0. The second-order valence-electron chi connectivity index (χ2n) is 6.96. The molecule has 2 heterocycles. The van der Waals surface area contributed by atoms with E-state index < -0.39 is 0 Å². The first-order valence-electron chi connectivity index (χ1n) is 8.71. The van der Waals surface area contributed by atoms with Gasteiger partial charge in [0.15, 0.2) is 0 Å². The second kappa shape index (κ2) is 7.39. The van der Waals surface area contributed by atoms with Crippen LogP contribution in [-0.4, -0.2) is 25.0 Å². The zero-order valence-corrected chi connectivity index (χ0v) is 15.5. The highest BCUT2D eigenvalue weighted by Crippen LogP contribution is 2.28. The van der Waals surface area contributed by atoms with Gasteiger partial charge in [-0.25, -0.2) is 0 Å². The fraction of sp³-hybridized carbons (Fsp3) is 0.450. The van der Waals surface area contributed by atoms with Crippen LogP contribution in [0.2, 0.25) is 0 Å². The third kappa shape index (κ3) is 4.18. The number of thiophene rings is 1. The maximum Gasteiger partial charge on any atom is 0.224 e. The molecule has 0 saturated carbocycles. The molecule has 1 aromatic carbocycles. The first kappa shape index (κ1) is 17.0. The summed E-state index contributed by atoms with van der Waals surface area (Å²) in [5, 5.41) is 4.51. The summed E-state index contributed by atoms with van der Waals surface area (Å²) in [7, 11) is 0. The minimum atomic E-state index is 0.126.